The Bertz CT molecular complexity index is 626. The first-order valence-electron chi connectivity index (χ1n) is 7.17. The number of carbonyl (C=O) groups is 1. The number of para-hydroxylation sites is 1. The quantitative estimate of drug-likeness (QED) is 0.911. The zero-order chi connectivity index (χ0) is 15.6. The number of carbonyl (C=O) groups excluding carboxylic acids is 1. The summed E-state index contributed by atoms with van der Waals surface area (Å²) in [6.07, 6.45) is 0. The van der Waals surface area contributed by atoms with Gasteiger partial charge in [-0.3, -0.25) is 4.79 Å². The van der Waals surface area contributed by atoms with Crippen LogP contribution in [0.4, 0.5) is 5.69 Å². The zero-order valence-electron chi connectivity index (χ0n) is 12.7. The van der Waals surface area contributed by atoms with Crippen LogP contribution in [0, 0.1) is 0 Å². The van der Waals surface area contributed by atoms with Gasteiger partial charge < -0.3 is 10.2 Å². The van der Waals surface area contributed by atoms with Crippen LogP contribution in [0.2, 0.25) is 0 Å². The van der Waals surface area contributed by atoms with Crippen LogP contribution in [0.1, 0.15) is 26.3 Å². The van der Waals surface area contributed by atoms with E-state index in [4.69, 9.17) is 0 Å². The normalized spacial score (nSPS) is 19.5. The van der Waals surface area contributed by atoms with Gasteiger partial charge in [0.2, 0.25) is 5.91 Å². The van der Waals surface area contributed by atoms with Crippen molar-refractivity contribution in [3.8, 4) is 0 Å². The highest BCUT2D eigenvalue weighted by molar-refractivity contribution is 7.92. The Morgan fingerprint density at radius 3 is 2.67 bits per heavy atom. The predicted molar refractivity (Wildman–Crippen MR) is 84.0 cm³/mol. The van der Waals surface area contributed by atoms with Gasteiger partial charge >= 0.3 is 0 Å². The number of anilines is 1. The van der Waals surface area contributed by atoms with Crippen molar-refractivity contribution in [1.82, 2.24) is 5.32 Å². The van der Waals surface area contributed by atoms with Crippen LogP contribution in [0.3, 0.4) is 0 Å². The molecule has 1 aliphatic heterocycles. The molecule has 1 N–H and O–H groups in total. The Morgan fingerprint density at radius 2 is 2.00 bits per heavy atom. The summed E-state index contributed by atoms with van der Waals surface area (Å²) >= 11 is 0. The van der Waals surface area contributed by atoms with Crippen molar-refractivity contribution in [2.75, 3.05) is 17.2 Å². The number of hydrogen-bond donors (Lipinski definition) is 1. The van der Waals surface area contributed by atoms with E-state index in [2.05, 4.69) is 5.32 Å². The highest BCUT2D eigenvalue weighted by Crippen LogP contribution is 2.24. The van der Waals surface area contributed by atoms with Crippen molar-refractivity contribution in [2.45, 2.75) is 38.6 Å². The van der Waals surface area contributed by atoms with E-state index in [1.807, 2.05) is 24.3 Å². The van der Waals surface area contributed by atoms with Gasteiger partial charge in [-0.05, 0) is 32.4 Å². The molecule has 1 aromatic carbocycles. The molecule has 0 aromatic heterocycles. The molecule has 2 rings (SSSR count). The van der Waals surface area contributed by atoms with Gasteiger partial charge in [-0.25, -0.2) is 8.42 Å². The summed E-state index contributed by atoms with van der Waals surface area (Å²) in [6.45, 7) is 5.94. The summed E-state index contributed by atoms with van der Waals surface area (Å²) in [5.74, 6) is -0.101. The highest BCUT2D eigenvalue weighted by Gasteiger charge is 2.28. The molecule has 1 aromatic rings. The van der Waals surface area contributed by atoms with Crippen LogP contribution in [0.15, 0.2) is 24.3 Å². The average Bonchev–Trinajstić information content (AvgIpc) is 2.56. The van der Waals surface area contributed by atoms with Gasteiger partial charge in [0, 0.05) is 18.8 Å². The molecule has 1 atom stereocenters. The van der Waals surface area contributed by atoms with Crippen LogP contribution >= 0.6 is 0 Å². The second-order valence-electron chi connectivity index (χ2n) is 5.64. The molecule has 6 heteroatoms. The Balaban J connectivity index is 2.29. The Labute approximate surface area is 126 Å². The topological polar surface area (TPSA) is 66.5 Å². The number of amides is 1. The first kappa shape index (κ1) is 16.0. The van der Waals surface area contributed by atoms with Gasteiger partial charge in [-0.2, -0.15) is 0 Å². The predicted octanol–water partition coefficient (Wildman–Crippen LogP) is 1.33. The van der Waals surface area contributed by atoms with Gasteiger partial charge in [0.15, 0.2) is 9.84 Å². The van der Waals surface area contributed by atoms with Crippen LogP contribution in [0.25, 0.3) is 0 Å². The Morgan fingerprint density at radius 1 is 1.33 bits per heavy atom. The molecule has 1 aliphatic rings. The van der Waals surface area contributed by atoms with E-state index in [1.54, 1.807) is 25.7 Å². The van der Waals surface area contributed by atoms with Gasteiger partial charge in [-0.1, -0.05) is 18.2 Å². The van der Waals surface area contributed by atoms with Crippen molar-refractivity contribution in [3.63, 3.8) is 0 Å². The molecule has 0 fully saturated rings. The number of fused-ring (bicyclic) bond motifs is 1. The van der Waals surface area contributed by atoms with E-state index in [9.17, 15) is 13.2 Å². The van der Waals surface area contributed by atoms with Crippen LogP contribution in [-0.2, 0) is 21.2 Å². The maximum absolute atomic E-state index is 12.5. The maximum atomic E-state index is 12.5. The molecular formula is C15H22N2O3S. The fourth-order valence-electron chi connectivity index (χ4n) is 2.31. The molecule has 0 radical (unpaired) electrons. The molecule has 0 saturated heterocycles. The third-order valence-corrected chi connectivity index (χ3v) is 6.02. The second-order valence-corrected chi connectivity index (χ2v) is 8.31. The summed E-state index contributed by atoms with van der Waals surface area (Å²) in [7, 11) is -3.17. The van der Waals surface area contributed by atoms with E-state index in [1.165, 1.54) is 0 Å². The molecule has 0 spiro atoms. The minimum atomic E-state index is -3.17. The van der Waals surface area contributed by atoms with Gasteiger partial charge in [0.1, 0.15) is 0 Å². The zero-order valence-corrected chi connectivity index (χ0v) is 13.5. The number of rotatable bonds is 4. The molecule has 1 amide bonds. The van der Waals surface area contributed by atoms with Crippen LogP contribution in [-0.4, -0.2) is 37.9 Å². The summed E-state index contributed by atoms with van der Waals surface area (Å²) in [4.78, 5) is 14.1. The molecule has 5 nitrogen and oxygen atoms in total. The van der Waals surface area contributed by atoms with E-state index in [0.717, 1.165) is 11.3 Å². The fourth-order valence-corrected chi connectivity index (χ4v) is 3.22. The molecule has 1 unspecified atom stereocenters. The summed E-state index contributed by atoms with van der Waals surface area (Å²) in [6, 6.07) is 7.29. The lowest BCUT2D eigenvalue weighted by Gasteiger charge is -2.24. The Hall–Kier alpha value is -1.40. The molecule has 0 aliphatic carbocycles. The van der Waals surface area contributed by atoms with E-state index >= 15 is 0 Å². The minimum absolute atomic E-state index is 0.0164. The maximum Gasteiger partial charge on any atom is 0.243 e. The third-order valence-electron chi connectivity index (χ3n) is 3.84. The molecule has 1 heterocycles. The number of sulfone groups is 1. The van der Waals surface area contributed by atoms with E-state index < -0.39 is 15.1 Å². The van der Waals surface area contributed by atoms with Gasteiger partial charge in [0.25, 0.3) is 0 Å². The summed E-state index contributed by atoms with van der Waals surface area (Å²) < 4.78 is 24.0. The van der Waals surface area contributed by atoms with E-state index in [-0.39, 0.29) is 24.2 Å². The SMILES string of the molecule is CC1NCc2ccccc2N(CCS(=O)(=O)C(C)C)C1=O. The standard InChI is InChI=1S/C15H22N2O3S/c1-11(2)21(19,20)9-8-17-14-7-5-4-6-13(14)10-16-12(3)15(17)18/h4-7,11-12,16H,8-10H2,1-3H3. The largest absolute Gasteiger partial charge is 0.310 e. The molecule has 21 heavy (non-hydrogen) atoms. The lowest BCUT2D eigenvalue weighted by atomic mass is 10.1. The van der Waals surface area contributed by atoms with Crippen molar-refractivity contribution >= 4 is 21.4 Å². The van der Waals surface area contributed by atoms with Crippen molar-refractivity contribution in [1.29, 1.82) is 0 Å². The lowest BCUT2D eigenvalue weighted by molar-refractivity contribution is -0.120. The van der Waals surface area contributed by atoms with Crippen LogP contribution < -0.4 is 10.2 Å². The van der Waals surface area contributed by atoms with Crippen molar-refractivity contribution < 1.29 is 13.2 Å². The van der Waals surface area contributed by atoms with Gasteiger partial charge in [-0.15, -0.1) is 0 Å². The summed E-state index contributed by atoms with van der Waals surface area (Å²) in [5, 5.41) is 2.73. The van der Waals surface area contributed by atoms with Crippen molar-refractivity contribution in [2.24, 2.45) is 0 Å². The van der Waals surface area contributed by atoms with Crippen molar-refractivity contribution in [3.05, 3.63) is 29.8 Å². The number of benzene rings is 1. The molecular weight excluding hydrogens is 288 g/mol. The minimum Gasteiger partial charge on any atom is -0.310 e. The molecule has 0 bridgehead atoms. The first-order chi connectivity index (χ1) is 9.83. The lowest BCUT2D eigenvalue weighted by Crippen LogP contribution is -2.44. The Kier molecular flexibility index (Phi) is 4.68. The van der Waals surface area contributed by atoms with Crippen LogP contribution in [0.5, 0.6) is 0 Å². The highest BCUT2D eigenvalue weighted by atomic mass is 32.2. The smallest absolute Gasteiger partial charge is 0.243 e. The molecule has 0 saturated carbocycles. The van der Waals surface area contributed by atoms with E-state index in [0.29, 0.717) is 6.54 Å². The summed E-state index contributed by atoms with van der Waals surface area (Å²) in [5.41, 5.74) is 1.82. The second kappa shape index (κ2) is 6.15. The fraction of sp³-hybridized carbons (Fsp3) is 0.533. The average molecular weight is 310 g/mol. The number of hydrogen-bond acceptors (Lipinski definition) is 4. The number of nitrogens with zero attached hydrogens (tertiary/aromatic N) is 1. The number of nitrogens with one attached hydrogen (secondary N) is 1. The monoisotopic (exact) mass is 310 g/mol. The third kappa shape index (κ3) is 3.44. The molecule has 116 valence electrons. The first-order valence-corrected chi connectivity index (χ1v) is 8.88. The van der Waals surface area contributed by atoms with Gasteiger partial charge in [0.05, 0.1) is 17.0 Å².